The molecule has 0 amide bonds. The molecule has 2 aliphatic heterocycles. The summed E-state index contributed by atoms with van der Waals surface area (Å²) in [5.41, 5.74) is 1.31. The van der Waals surface area contributed by atoms with Crippen molar-refractivity contribution in [3.05, 3.63) is 52.2 Å². The average molecular weight is 357 g/mol. The van der Waals surface area contributed by atoms with E-state index in [2.05, 4.69) is 65.8 Å². The number of hydrogen-bond acceptors (Lipinski definition) is 4. The summed E-state index contributed by atoms with van der Waals surface area (Å²) in [5, 5.41) is 5.95. The predicted molar refractivity (Wildman–Crippen MR) is 104 cm³/mol. The van der Waals surface area contributed by atoms with Gasteiger partial charge in [0.2, 0.25) is 0 Å². The van der Waals surface area contributed by atoms with E-state index in [1.807, 2.05) is 11.3 Å². The largest absolute Gasteiger partial charge is 0.487 e. The lowest BCUT2D eigenvalue weighted by molar-refractivity contribution is -0.0314. The smallest absolute Gasteiger partial charge is 0.124 e. The molecule has 1 spiro atoms. The Balaban J connectivity index is 1.52. The first-order chi connectivity index (χ1) is 12.2. The van der Waals surface area contributed by atoms with E-state index >= 15 is 0 Å². The summed E-state index contributed by atoms with van der Waals surface area (Å²) >= 11 is 1.82. The second-order valence-corrected chi connectivity index (χ2v) is 8.70. The zero-order valence-electron chi connectivity index (χ0n) is 15.2. The fourth-order valence-electron chi connectivity index (χ4n) is 4.19. The second-order valence-electron chi connectivity index (χ2n) is 7.67. The van der Waals surface area contributed by atoms with Crippen molar-refractivity contribution in [1.29, 1.82) is 0 Å². The fraction of sp³-hybridized carbons (Fsp3) is 0.524. The summed E-state index contributed by atoms with van der Waals surface area (Å²) in [6.45, 7) is 7.79. The van der Waals surface area contributed by atoms with Crippen LogP contribution in [0.3, 0.4) is 0 Å². The minimum atomic E-state index is -0.00708. The zero-order chi connectivity index (χ0) is 17.3. The molecule has 3 nitrogen and oxygen atoms in total. The monoisotopic (exact) mass is 356 g/mol. The van der Waals surface area contributed by atoms with Gasteiger partial charge in [-0.15, -0.1) is 11.3 Å². The molecule has 0 aliphatic carbocycles. The minimum Gasteiger partial charge on any atom is -0.487 e. The number of benzene rings is 1. The van der Waals surface area contributed by atoms with Crippen molar-refractivity contribution in [2.45, 2.75) is 57.3 Å². The van der Waals surface area contributed by atoms with Gasteiger partial charge in [0.05, 0.1) is 0 Å². The maximum absolute atomic E-state index is 6.59. The first-order valence-electron chi connectivity index (χ1n) is 9.43. The van der Waals surface area contributed by atoms with Crippen LogP contribution in [0.4, 0.5) is 0 Å². The molecule has 0 unspecified atom stereocenters. The van der Waals surface area contributed by atoms with Crippen LogP contribution in [0, 0.1) is 0 Å². The molecule has 1 aromatic carbocycles. The van der Waals surface area contributed by atoms with E-state index in [-0.39, 0.29) is 5.60 Å². The molecule has 4 rings (SSSR count). The molecule has 0 saturated carbocycles. The fourth-order valence-corrected chi connectivity index (χ4v) is 4.85. The molecular formula is C21H28N2OS. The normalized spacial score (nSPS) is 22.8. The van der Waals surface area contributed by atoms with E-state index in [0.717, 1.165) is 44.6 Å². The van der Waals surface area contributed by atoms with Crippen LogP contribution < -0.4 is 10.1 Å². The molecule has 1 saturated heterocycles. The molecule has 3 heterocycles. The predicted octanol–water partition coefficient (Wildman–Crippen LogP) is 4.60. The summed E-state index contributed by atoms with van der Waals surface area (Å²) in [7, 11) is 0. The molecule has 2 aromatic rings. The number of thiophene rings is 1. The van der Waals surface area contributed by atoms with Crippen LogP contribution in [0.1, 0.15) is 49.6 Å². The molecule has 1 atom stereocenters. The summed E-state index contributed by atoms with van der Waals surface area (Å²) in [5.74, 6) is 1.08. The van der Waals surface area contributed by atoms with Crippen molar-refractivity contribution in [2.75, 3.05) is 13.1 Å². The highest BCUT2D eigenvalue weighted by Crippen LogP contribution is 2.44. The van der Waals surface area contributed by atoms with Gasteiger partial charge in [0.25, 0.3) is 0 Å². The summed E-state index contributed by atoms with van der Waals surface area (Å²) < 4.78 is 6.59. The standard InChI is InChI=1S/C21H28N2OS/c1-16(2)23-11-9-21(10-12-23)14-19(22-15-17-6-5-13-25-17)18-7-3-4-8-20(18)24-21/h3-8,13,16,19,22H,9-12,14-15H2,1-2H3/t19-/m1/s1. The Hall–Kier alpha value is -1.36. The Bertz CT molecular complexity index is 690. The molecule has 1 aromatic heterocycles. The Morgan fingerprint density at radius 3 is 2.72 bits per heavy atom. The van der Waals surface area contributed by atoms with E-state index in [1.165, 1.54) is 10.4 Å². The van der Waals surface area contributed by atoms with Crippen LogP contribution in [-0.4, -0.2) is 29.6 Å². The maximum atomic E-state index is 6.59. The number of nitrogens with zero attached hydrogens (tertiary/aromatic N) is 1. The third kappa shape index (κ3) is 3.62. The van der Waals surface area contributed by atoms with Gasteiger partial charge in [-0.05, 0) is 44.2 Å². The minimum absolute atomic E-state index is 0.00708. The number of para-hydroxylation sites is 1. The molecule has 2 aliphatic rings. The Kier molecular flexibility index (Phi) is 4.85. The highest BCUT2D eigenvalue weighted by molar-refractivity contribution is 7.09. The van der Waals surface area contributed by atoms with Crippen molar-refractivity contribution in [2.24, 2.45) is 0 Å². The van der Waals surface area contributed by atoms with Gasteiger partial charge in [-0.1, -0.05) is 24.3 Å². The second kappa shape index (κ2) is 7.10. The lowest BCUT2D eigenvalue weighted by Crippen LogP contribution is -2.53. The number of nitrogens with one attached hydrogen (secondary N) is 1. The van der Waals surface area contributed by atoms with Gasteiger partial charge in [-0.2, -0.15) is 0 Å². The van der Waals surface area contributed by atoms with Gasteiger partial charge >= 0.3 is 0 Å². The highest BCUT2D eigenvalue weighted by Gasteiger charge is 2.43. The third-order valence-electron chi connectivity index (χ3n) is 5.74. The first-order valence-corrected chi connectivity index (χ1v) is 10.3. The molecule has 134 valence electrons. The maximum Gasteiger partial charge on any atom is 0.124 e. The molecule has 25 heavy (non-hydrogen) atoms. The topological polar surface area (TPSA) is 24.5 Å². The molecule has 0 radical (unpaired) electrons. The quantitative estimate of drug-likeness (QED) is 0.866. The van der Waals surface area contributed by atoms with E-state index in [0.29, 0.717) is 12.1 Å². The van der Waals surface area contributed by atoms with Crippen molar-refractivity contribution < 1.29 is 4.74 Å². The summed E-state index contributed by atoms with van der Waals surface area (Å²) in [6, 6.07) is 13.9. The van der Waals surface area contributed by atoms with Crippen LogP contribution in [0.5, 0.6) is 5.75 Å². The van der Waals surface area contributed by atoms with Crippen LogP contribution in [0.25, 0.3) is 0 Å². The number of fused-ring (bicyclic) bond motifs is 1. The van der Waals surface area contributed by atoms with Crippen molar-refractivity contribution in [3.8, 4) is 5.75 Å². The van der Waals surface area contributed by atoms with Gasteiger partial charge in [0.15, 0.2) is 0 Å². The van der Waals surface area contributed by atoms with Gasteiger partial charge in [0.1, 0.15) is 11.4 Å². The van der Waals surface area contributed by atoms with E-state index in [1.54, 1.807) is 0 Å². The van der Waals surface area contributed by atoms with Crippen LogP contribution in [0.15, 0.2) is 41.8 Å². The first kappa shape index (κ1) is 17.1. The van der Waals surface area contributed by atoms with Crippen molar-refractivity contribution in [3.63, 3.8) is 0 Å². The van der Waals surface area contributed by atoms with Gasteiger partial charge in [-0.3, -0.25) is 0 Å². The van der Waals surface area contributed by atoms with Crippen molar-refractivity contribution >= 4 is 11.3 Å². The number of ether oxygens (including phenoxy) is 1. The Labute approximate surface area is 155 Å². The molecular weight excluding hydrogens is 328 g/mol. The molecule has 1 fully saturated rings. The molecule has 1 N–H and O–H groups in total. The summed E-state index contributed by atoms with van der Waals surface area (Å²) in [4.78, 5) is 3.97. The lowest BCUT2D eigenvalue weighted by atomic mass is 9.80. The van der Waals surface area contributed by atoms with E-state index in [9.17, 15) is 0 Å². The lowest BCUT2D eigenvalue weighted by Gasteiger charge is -2.48. The van der Waals surface area contributed by atoms with Crippen LogP contribution in [0.2, 0.25) is 0 Å². The van der Waals surface area contributed by atoms with E-state index < -0.39 is 0 Å². The number of likely N-dealkylation sites (tertiary alicyclic amines) is 1. The van der Waals surface area contributed by atoms with Gasteiger partial charge in [-0.25, -0.2) is 0 Å². The summed E-state index contributed by atoms with van der Waals surface area (Å²) in [6.07, 6.45) is 3.31. The van der Waals surface area contributed by atoms with Gasteiger partial charge < -0.3 is 15.0 Å². The van der Waals surface area contributed by atoms with Crippen LogP contribution >= 0.6 is 11.3 Å². The Morgan fingerprint density at radius 1 is 1.20 bits per heavy atom. The highest BCUT2D eigenvalue weighted by atomic mass is 32.1. The Morgan fingerprint density at radius 2 is 2.00 bits per heavy atom. The number of piperidine rings is 1. The average Bonchev–Trinajstić information content (AvgIpc) is 3.13. The zero-order valence-corrected chi connectivity index (χ0v) is 16.0. The van der Waals surface area contributed by atoms with Gasteiger partial charge in [0, 0.05) is 48.6 Å². The number of rotatable bonds is 4. The van der Waals surface area contributed by atoms with E-state index in [4.69, 9.17) is 4.74 Å². The molecule has 0 bridgehead atoms. The number of hydrogen-bond donors (Lipinski definition) is 1. The molecule has 4 heteroatoms. The SMILES string of the molecule is CC(C)N1CCC2(CC1)C[C@@H](NCc1cccs1)c1ccccc1O2. The van der Waals surface area contributed by atoms with Crippen molar-refractivity contribution in [1.82, 2.24) is 10.2 Å². The van der Waals surface area contributed by atoms with Crippen LogP contribution in [-0.2, 0) is 6.54 Å². The third-order valence-corrected chi connectivity index (χ3v) is 6.62.